The molecule has 200 valence electrons. The third-order valence-corrected chi connectivity index (χ3v) is 8.09. The normalized spacial score (nSPS) is 18.6. The zero-order valence-corrected chi connectivity index (χ0v) is 22.9. The van der Waals surface area contributed by atoms with Crippen molar-refractivity contribution in [2.24, 2.45) is 5.92 Å². The second-order valence-electron chi connectivity index (χ2n) is 11.6. The molecular weight excluding hydrogens is 474 g/mol. The summed E-state index contributed by atoms with van der Waals surface area (Å²) < 4.78 is 1.59. The van der Waals surface area contributed by atoms with Crippen LogP contribution in [0.25, 0.3) is 5.69 Å². The van der Waals surface area contributed by atoms with Crippen LogP contribution < -0.4 is 16.2 Å². The lowest BCUT2D eigenvalue weighted by atomic mass is 9.92. The van der Waals surface area contributed by atoms with E-state index in [1.807, 2.05) is 37.3 Å². The van der Waals surface area contributed by atoms with Gasteiger partial charge in [0.2, 0.25) is 0 Å². The Balaban J connectivity index is 1.44. The molecule has 3 aromatic rings. The summed E-state index contributed by atoms with van der Waals surface area (Å²) in [5.74, 6) is 0.443. The minimum absolute atomic E-state index is 0.0830. The van der Waals surface area contributed by atoms with Gasteiger partial charge in [-0.25, -0.2) is 4.98 Å². The molecule has 1 aliphatic carbocycles. The number of anilines is 1. The van der Waals surface area contributed by atoms with Gasteiger partial charge in [0.25, 0.3) is 11.5 Å². The number of carbonyl (C=O) groups is 1. The summed E-state index contributed by atoms with van der Waals surface area (Å²) in [4.78, 5) is 33.5. The molecule has 1 saturated heterocycles. The first-order valence-corrected chi connectivity index (χ1v) is 13.8. The van der Waals surface area contributed by atoms with Crippen molar-refractivity contribution in [3.8, 4) is 5.69 Å². The van der Waals surface area contributed by atoms with Crippen LogP contribution >= 0.6 is 0 Å². The lowest BCUT2D eigenvalue weighted by Gasteiger charge is -2.36. The zero-order valence-electron chi connectivity index (χ0n) is 22.9. The fourth-order valence-electron chi connectivity index (χ4n) is 5.52. The number of likely N-dealkylation sites (tertiary alicyclic amines) is 1. The van der Waals surface area contributed by atoms with E-state index in [2.05, 4.69) is 53.4 Å². The van der Waals surface area contributed by atoms with E-state index in [9.17, 15) is 9.59 Å². The summed E-state index contributed by atoms with van der Waals surface area (Å²) in [7, 11) is 0. The van der Waals surface area contributed by atoms with Crippen LogP contribution in [0.2, 0.25) is 0 Å². The highest BCUT2D eigenvalue weighted by Crippen LogP contribution is 2.33. The fourth-order valence-corrected chi connectivity index (χ4v) is 5.52. The van der Waals surface area contributed by atoms with Gasteiger partial charge in [-0.3, -0.25) is 19.1 Å². The van der Waals surface area contributed by atoms with E-state index < -0.39 is 0 Å². The Labute approximate surface area is 225 Å². The largest absolute Gasteiger partial charge is 0.358 e. The number of hydrogen-bond donors (Lipinski definition) is 2. The van der Waals surface area contributed by atoms with Gasteiger partial charge in [-0.15, -0.1) is 0 Å². The van der Waals surface area contributed by atoms with E-state index in [4.69, 9.17) is 0 Å². The average Bonchev–Trinajstić information content (AvgIpc) is 3.65. The zero-order chi connectivity index (χ0) is 26.9. The average molecular weight is 514 g/mol. The number of nitrogens with zero attached hydrogens (tertiary/aromatic N) is 3. The van der Waals surface area contributed by atoms with Gasteiger partial charge in [0.05, 0.1) is 11.7 Å². The summed E-state index contributed by atoms with van der Waals surface area (Å²) in [6.07, 6.45) is 7.79. The molecule has 38 heavy (non-hydrogen) atoms. The molecule has 1 saturated carbocycles. The molecule has 2 aliphatic rings. The number of nitrogens with one attached hydrogen (secondary N) is 2. The maximum Gasteiger partial charge on any atom is 0.297 e. The van der Waals surface area contributed by atoms with Crippen molar-refractivity contribution in [3.63, 3.8) is 0 Å². The maximum absolute atomic E-state index is 13.8. The van der Waals surface area contributed by atoms with Crippen LogP contribution in [-0.2, 0) is 0 Å². The molecule has 0 radical (unpaired) electrons. The van der Waals surface area contributed by atoms with Gasteiger partial charge in [0.15, 0.2) is 5.82 Å². The summed E-state index contributed by atoms with van der Waals surface area (Å²) in [5.41, 5.74) is 3.23. The number of aromatic nitrogens is 2. The number of benzene rings is 2. The van der Waals surface area contributed by atoms with E-state index >= 15 is 0 Å². The van der Waals surface area contributed by atoms with Crippen molar-refractivity contribution in [1.82, 2.24) is 19.8 Å². The number of hydrogen-bond acceptors (Lipinski definition) is 5. The smallest absolute Gasteiger partial charge is 0.297 e. The number of amides is 1. The number of rotatable bonds is 9. The Morgan fingerprint density at radius 1 is 1.16 bits per heavy atom. The minimum atomic E-state index is -0.231. The van der Waals surface area contributed by atoms with Crippen molar-refractivity contribution < 1.29 is 4.79 Å². The molecule has 0 bridgehead atoms. The van der Waals surface area contributed by atoms with E-state index in [1.54, 1.807) is 23.0 Å². The Hall–Kier alpha value is -3.45. The molecule has 2 atom stereocenters. The molecule has 2 N–H and O–H groups in total. The van der Waals surface area contributed by atoms with Gasteiger partial charge in [-0.05, 0) is 82.2 Å². The van der Waals surface area contributed by atoms with Gasteiger partial charge in [0.1, 0.15) is 0 Å². The topological polar surface area (TPSA) is 79.3 Å². The van der Waals surface area contributed by atoms with Crippen LogP contribution in [0.5, 0.6) is 0 Å². The lowest BCUT2D eigenvalue weighted by molar-refractivity contribution is 0.0951. The van der Waals surface area contributed by atoms with Crippen molar-refractivity contribution in [3.05, 3.63) is 88.0 Å². The molecule has 2 heterocycles. The van der Waals surface area contributed by atoms with E-state index in [-0.39, 0.29) is 35.0 Å². The fraction of sp³-hybridized carbons (Fsp3) is 0.452. The van der Waals surface area contributed by atoms with Crippen molar-refractivity contribution in [2.75, 3.05) is 18.4 Å². The van der Waals surface area contributed by atoms with Crippen LogP contribution in [0.4, 0.5) is 5.82 Å². The van der Waals surface area contributed by atoms with Crippen LogP contribution in [0.1, 0.15) is 74.0 Å². The molecule has 2 aromatic carbocycles. The van der Waals surface area contributed by atoms with Gasteiger partial charge >= 0.3 is 0 Å². The molecule has 1 aliphatic heterocycles. The molecule has 0 unspecified atom stereocenters. The molecule has 1 aromatic heterocycles. The maximum atomic E-state index is 13.8. The molecule has 2 fully saturated rings. The summed E-state index contributed by atoms with van der Waals surface area (Å²) >= 11 is 0. The summed E-state index contributed by atoms with van der Waals surface area (Å²) in [6.45, 7) is 10.8. The molecule has 7 heteroatoms. The molecule has 5 rings (SSSR count). The third-order valence-electron chi connectivity index (χ3n) is 8.09. The number of aryl methyl sites for hydroxylation is 1. The van der Waals surface area contributed by atoms with Crippen LogP contribution in [0.15, 0.2) is 65.7 Å². The van der Waals surface area contributed by atoms with Crippen LogP contribution in [-0.4, -0.2) is 45.0 Å². The molecule has 0 spiro atoms. The Kier molecular flexibility index (Phi) is 7.39. The second-order valence-corrected chi connectivity index (χ2v) is 11.6. The minimum Gasteiger partial charge on any atom is -0.358 e. The molecule has 7 nitrogen and oxygen atoms in total. The van der Waals surface area contributed by atoms with E-state index in [0.717, 1.165) is 37.1 Å². The van der Waals surface area contributed by atoms with Crippen molar-refractivity contribution in [2.45, 2.75) is 71.0 Å². The van der Waals surface area contributed by atoms with Gasteiger partial charge in [-0.1, -0.05) is 43.3 Å². The summed E-state index contributed by atoms with van der Waals surface area (Å²) in [6, 6.07) is 16.0. The quantitative estimate of drug-likeness (QED) is 0.416. The Morgan fingerprint density at radius 2 is 1.92 bits per heavy atom. The van der Waals surface area contributed by atoms with Crippen LogP contribution in [0.3, 0.4) is 0 Å². The predicted octanol–water partition coefficient (Wildman–Crippen LogP) is 5.10. The lowest BCUT2D eigenvalue weighted by Crippen LogP contribution is -2.42. The van der Waals surface area contributed by atoms with Gasteiger partial charge < -0.3 is 10.6 Å². The van der Waals surface area contributed by atoms with E-state index in [1.165, 1.54) is 12.8 Å². The molecule has 1 amide bonds. The van der Waals surface area contributed by atoms with Gasteiger partial charge in [-0.2, -0.15) is 0 Å². The first kappa shape index (κ1) is 26.2. The highest BCUT2D eigenvalue weighted by atomic mass is 16.2. The molecular formula is C31H39N5O2. The highest BCUT2D eigenvalue weighted by molar-refractivity contribution is 5.95. The van der Waals surface area contributed by atoms with Gasteiger partial charge in [0, 0.05) is 36.1 Å². The monoisotopic (exact) mass is 513 g/mol. The first-order chi connectivity index (χ1) is 18.2. The predicted molar refractivity (Wildman–Crippen MR) is 152 cm³/mol. The SMILES string of the molecule is Cc1ccc(C(=O)NC2CC2)cc1-n1ccnc(N[C@@H](c2ccccc2)[C@H](C)CN2CCCC2(C)C)c1=O. The van der Waals surface area contributed by atoms with Crippen LogP contribution in [0, 0.1) is 12.8 Å². The number of carbonyl (C=O) groups excluding carboxylic acids is 1. The second kappa shape index (κ2) is 10.7. The van der Waals surface area contributed by atoms with Crippen molar-refractivity contribution in [1.29, 1.82) is 0 Å². The first-order valence-electron chi connectivity index (χ1n) is 13.8. The standard InChI is InChI=1S/C31H39N5O2/c1-21-11-12-24(29(37)33-25-13-14-25)19-26(21)36-18-16-32-28(30(36)38)34-27(23-9-6-5-7-10-23)22(2)20-35-17-8-15-31(35,3)4/h5-7,9-12,16,18-19,22,25,27H,8,13-15,17,20H2,1-4H3,(H,32,34)(H,33,37)/t22-,27-/m1/s1. The summed E-state index contributed by atoms with van der Waals surface area (Å²) in [5, 5.41) is 6.55. The Morgan fingerprint density at radius 3 is 2.61 bits per heavy atom. The van der Waals surface area contributed by atoms with Crippen molar-refractivity contribution >= 4 is 11.7 Å². The highest BCUT2D eigenvalue weighted by Gasteiger charge is 2.34. The third kappa shape index (κ3) is 5.68. The Bertz CT molecular complexity index is 1350. The van der Waals surface area contributed by atoms with E-state index in [0.29, 0.717) is 17.1 Å².